The highest BCUT2D eigenvalue weighted by Crippen LogP contribution is 2.24. The summed E-state index contributed by atoms with van der Waals surface area (Å²) in [5.41, 5.74) is 1.97. The SMILES string of the molecule is C[C@H](NC(=O)c1cnc2c(c1)nnn2C)c1ccc(OC(F)(F)F)cc1. The zero-order valence-corrected chi connectivity index (χ0v) is 13.8. The molecule has 0 aliphatic carbocycles. The zero-order chi connectivity index (χ0) is 18.9. The molecule has 7 nitrogen and oxygen atoms in total. The van der Waals surface area contributed by atoms with Gasteiger partial charge in [0.2, 0.25) is 0 Å². The second kappa shape index (κ2) is 6.62. The van der Waals surface area contributed by atoms with Gasteiger partial charge in [0.1, 0.15) is 11.3 Å². The summed E-state index contributed by atoms with van der Waals surface area (Å²) >= 11 is 0. The predicted octanol–water partition coefficient (Wildman–Crippen LogP) is 2.75. The topological polar surface area (TPSA) is 81.9 Å². The first-order valence-corrected chi connectivity index (χ1v) is 7.55. The summed E-state index contributed by atoms with van der Waals surface area (Å²) in [5, 5.41) is 10.5. The van der Waals surface area contributed by atoms with Crippen LogP contribution in [-0.4, -0.2) is 32.2 Å². The van der Waals surface area contributed by atoms with E-state index >= 15 is 0 Å². The second-order valence-corrected chi connectivity index (χ2v) is 5.59. The van der Waals surface area contributed by atoms with Gasteiger partial charge in [-0.15, -0.1) is 18.3 Å². The summed E-state index contributed by atoms with van der Waals surface area (Å²) in [5.74, 6) is -0.703. The van der Waals surface area contributed by atoms with E-state index in [1.165, 1.54) is 35.1 Å². The lowest BCUT2D eigenvalue weighted by Gasteiger charge is -2.15. The summed E-state index contributed by atoms with van der Waals surface area (Å²) in [6.45, 7) is 1.71. The Bertz CT molecular complexity index is 937. The van der Waals surface area contributed by atoms with Gasteiger partial charge >= 0.3 is 6.36 Å². The van der Waals surface area contributed by atoms with E-state index in [2.05, 4.69) is 25.3 Å². The molecule has 0 saturated carbocycles. The Balaban J connectivity index is 1.69. The molecule has 2 heterocycles. The molecule has 0 fully saturated rings. The lowest BCUT2D eigenvalue weighted by atomic mass is 10.1. The first-order chi connectivity index (χ1) is 12.2. The molecule has 1 aromatic carbocycles. The number of halogens is 3. The van der Waals surface area contributed by atoms with Gasteiger partial charge in [-0.25, -0.2) is 9.67 Å². The predicted molar refractivity (Wildman–Crippen MR) is 85.3 cm³/mol. The van der Waals surface area contributed by atoms with Crippen LogP contribution in [0.5, 0.6) is 5.75 Å². The third-order valence-corrected chi connectivity index (χ3v) is 3.66. The van der Waals surface area contributed by atoms with Crippen LogP contribution in [0.25, 0.3) is 11.2 Å². The highest BCUT2D eigenvalue weighted by Gasteiger charge is 2.31. The number of carbonyl (C=O) groups excluding carboxylic acids is 1. The molecule has 0 bridgehead atoms. The van der Waals surface area contributed by atoms with E-state index < -0.39 is 12.4 Å². The third kappa shape index (κ3) is 3.90. The van der Waals surface area contributed by atoms with Crippen LogP contribution in [0.3, 0.4) is 0 Å². The number of pyridine rings is 1. The molecule has 0 radical (unpaired) electrons. The lowest BCUT2D eigenvalue weighted by molar-refractivity contribution is -0.274. The number of benzene rings is 1. The molecule has 136 valence electrons. The Hall–Kier alpha value is -3.17. The molecule has 3 aromatic rings. The number of nitrogens with one attached hydrogen (secondary N) is 1. The molecule has 0 unspecified atom stereocenters. The average Bonchev–Trinajstić information content (AvgIpc) is 2.94. The summed E-state index contributed by atoms with van der Waals surface area (Å²) in [4.78, 5) is 16.5. The lowest BCUT2D eigenvalue weighted by Crippen LogP contribution is -2.26. The van der Waals surface area contributed by atoms with Gasteiger partial charge in [-0.3, -0.25) is 4.79 Å². The molecule has 3 rings (SSSR count). The molecule has 2 aromatic heterocycles. The van der Waals surface area contributed by atoms with Crippen molar-refractivity contribution in [2.45, 2.75) is 19.3 Å². The number of carbonyl (C=O) groups is 1. The molecule has 1 atom stereocenters. The van der Waals surface area contributed by atoms with Crippen molar-refractivity contribution in [1.29, 1.82) is 0 Å². The summed E-state index contributed by atoms with van der Waals surface area (Å²) in [6, 6.07) is 6.43. The van der Waals surface area contributed by atoms with Gasteiger partial charge in [0.25, 0.3) is 5.91 Å². The maximum atomic E-state index is 12.4. The van der Waals surface area contributed by atoms with E-state index in [4.69, 9.17) is 0 Å². The molecular formula is C16H14F3N5O2. The van der Waals surface area contributed by atoms with Crippen molar-refractivity contribution < 1.29 is 22.7 Å². The molecular weight excluding hydrogens is 351 g/mol. The van der Waals surface area contributed by atoms with E-state index in [1.807, 2.05) is 0 Å². The molecule has 1 N–H and O–H groups in total. The summed E-state index contributed by atoms with van der Waals surface area (Å²) in [6.07, 6.45) is -3.33. The van der Waals surface area contributed by atoms with Gasteiger partial charge < -0.3 is 10.1 Å². The molecule has 0 aliphatic heterocycles. The number of ether oxygens (including phenoxy) is 1. The normalized spacial score (nSPS) is 12.8. The number of aromatic nitrogens is 4. The minimum absolute atomic E-state index is 0.307. The number of amides is 1. The molecule has 0 spiro atoms. The van der Waals surface area contributed by atoms with Crippen molar-refractivity contribution in [3.05, 3.63) is 47.7 Å². The standard InChI is InChI=1S/C16H14F3N5O2/c1-9(10-3-5-12(6-4-10)26-16(17,18)19)21-15(25)11-7-13-14(20-8-11)24(2)23-22-13/h3-9H,1-2H3,(H,21,25)/t9-/m0/s1. The average molecular weight is 365 g/mol. The summed E-state index contributed by atoms with van der Waals surface area (Å²) < 4.78 is 41.8. The number of aryl methyl sites for hydroxylation is 1. The van der Waals surface area contributed by atoms with Gasteiger partial charge in [-0.2, -0.15) is 0 Å². The monoisotopic (exact) mass is 365 g/mol. The van der Waals surface area contributed by atoms with E-state index in [1.54, 1.807) is 20.0 Å². The fourth-order valence-electron chi connectivity index (χ4n) is 2.37. The van der Waals surface area contributed by atoms with Gasteiger partial charge in [0, 0.05) is 13.2 Å². The number of alkyl halides is 3. The van der Waals surface area contributed by atoms with Gasteiger partial charge in [-0.05, 0) is 30.7 Å². The molecule has 10 heteroatoms. The van der Waals surface area contributed by atoms with Crippen molar-refractivity contribution in [3.8, 4) is 5.75 Å². The number of nitrogens with zero attached hydrogens (tertiary/aromatic N) is 4. The van der Waals surface area contributed by atoms with Crippen LogP contribution in [0.2, 0.25) is 0 Å². The Morgan fingerprint density at radius 1 is 1.27 bits per heavy atom. The fraction of sp³-hybridized carbons (Fsp3) is 0.250. The van der Waals surface area contributed by atoms with E-state index in [-0.39, 0.29) is 11.7 Å². The first kappa shape index (κ1) is 17.6. The highest BCUT2D eigenvalue weighted by atomic mass is 19.4. The zero-order valence-electron chi connectivity index (χ0n) is 13.8. The fourth-order valence-corrected chi connectivity index (χ4v) is 2.37. The van der Waals surface area contributed by atoms with Gasteiger partial charge in [0.15, 0.2) is 5.65 Å². The van der Waals surface area contributed by atoms with Crippen molar-refractivity contribution in [3.63, 3.8) is 0 Å². The number of fused-ring (bicyclic) bond motifs is 1. The van der Waals surface area contributed by atoms with Crippen LogP contribution < -0.4 is 10.1 Å². The van der Waals surface area contributed by atoms with E-state index in [0.29, 0.717) is 22.3 Å². The van der Waals surface area contributed by atoms with E-state index in [0.717, 1.165) is 0 Å². The number of rotatable bonds is 4. The Kier molecular flexibility index (Phi) is 4.49. The van der Waals surface area contributed by atoms with Crippen LogP contribution >= 0.6 is 0 Å². The third-order valence-electron chi connectivity index (χ3n) is 3.66. The second-order valence-electron chi connectivity index (χ2n) is 5.59. The van der Waals surface area contributed by atoms with Crippen molar-refractivity contribution in [1.82, 2.24) is 25.3 Å². The van der Waals surface area contributed by atoms with Crippen LogP contribution in [0, 0.1) is 0 Å². The van der Waals surface area contributed by atoms with Crippen molar-refractivity contribution in [2.75, 3.05) is 0 Å². The Morgan fingerprint density at radius 3 is 2.62 bits per heavy atom. The van der Waals surface area contributed by atoms with Crippen LogP contribution in [-0.2, 0) is 7.05 Å². The van der Waals surface area contributed by atoms with Crippen molar-refractivity contribution in [2.24, 2.45) is 7.05 Å². The molecule has 1 amide bonds. The minimum Gasteiger partial charge on any atom is -0.406 e. The van der Waals surface area contributed by atoms with Crippen molar-refractivity contribution >= 4 is 17.1 Å². The largest absolute Gasteiger partial charge is 0.573 e. The maximum Gasteiger partial charge on any atom is 0.573 e. The van der Waals surface area contributed by atoms with Crippen LogP contribution in [0.1, 0.15) is 28.9 Å². The quantitative estimate of drug-likeness (QED) is 0.769. The van der Waals surface area contributed by atoms with E-state index in [9.17, 15) is 18.0 Å². The molecule has 26 heavy (non-hydrogen) atoms. The highest BCUT2D eigenvalue weighted by molar-refractivity contribution is 5.96. The van der Waals surface area contributed by atoms with Gasteiger partial charge in [0.05, 0.1) is 11.6 Å². The van der Waals surface area contributed by atoms with Crippen LogP contribution in [0.4, 0.5) is 13.2 Å². The number of hydrogen-bond acceptors (Lipinski definition) is 5. The smallest absolute Gasteiger partial charge is 0.406 e. The molecule has 0 aliphatic rings. The number of hydrogen-bond donors (Lipinski definition) is 1. The Morgan fingerprint density at radius 2 is 1.96 bits per heavy atom. The van der Waals surface area contributed by atoms with Gasteiger partial charge in [-0.1, -0.05) is 17.3 Å². The molecule has 0 saturated heterocycles. The first-order valence-electron chi connectivity index (χ1n) is 7.55. The maximum absolute atomic E-state index is 12.4. The van der Waals surface area contributed by atoms with Crippen LogP contribution in [0.15, 0.2) is 36.5 Å². The summed E-state index contributed by atoms with van der Waals surface area (Å²) in [7, 11) is 1.69. The Labute approximate surface area is 145 Å². The minimum atomic E-state index is -4.74.